The molecule has 2 bridgehead atoms. The van der Waals surface area contributed by atoms with Crippen LogP contribution in [0.3, 0.4) is 0 Å². The van der Waals surface area contributed by atoms with Crippen LogP contribution in [0.2, 0.25) is 0 Å². The molecule has 0 spiro atoms. The normalized spacial score (nSPS) is 41.3. The first-order chi connectivity index (χ1) is 42.1. The summed E-state index contributed by atoms with van der Waals surface area (Å²) in [4.78, 5) is 41.3. The number of rotatable bonds is 25. The molecule has 9 N–H and O–H groups in total. The van der Waals surface area contributed by atoms with Crippen LogP contribution in [0.25, 0.3) is 0 Å². The van der Waals surface area contributed by atoms with E-state index >= 15 is 0 Å². The maximum Gasteiger partial charge on any atom is 0.309 e. The molecule has 0 radical (unpaired) electrons. The van der Waals surface area contributed by atoms with E-state index in [0.717, 1.165) is 96.3 Å². The molecule has 6 aliphatic rings. The lowest BCUT2D eigenvalue weighted by Gasteiger charge is -2.51. The smallest absolute Gasteiger partial charge is 0.309 e. The van der Waals surface area contributed by atoms with Gasteiger partial charge in [0.2, 0.25) is 0 Å². The molecule has 0 amide bonds. The van der Waals surface area contributed by atoms with E-state index in [0.29, 0.717) is 38.5 Å². The Morgan fingerprint density at radius 1 is 0.489 bits per heavy atom. The minimum Gasteiger partial charge on any atom is -0.457 e. The number of hydrogen-bond donors (Lipinski definition) is 9. The summed E-state index contributed by atoms with van der Waals surface area (Å²) in [5.74, 6) is -2.62. The van der Waals surface area contributed by atoms with Crippen molar-refractivity contribution >= 4 is 17.9 Å². The van der Waals surface area contributed by atoms with Gasteiger partial charge in [-0.3, -0.25) is 14.4 Å². The largest absolute Gasteiger partial charge is 0.457 e. The van der Waals surface area contributed by atoms with Gasteiger partial charge in [0.25, 0.3) is 0 Å². The summed E-state index contributed by atoms with van der Waals surface area (Å²) in [5, 5.41) is 102. The summed E-state index contributed by atoms with van der Waals surface area (Å²) in [6.45, 7) is 13.0. The Morgan fingerprint density at radius 3 is 1.70 bits per heavy atom. The van der Waals surface area contributed by atoms with Gasteiger partial charge in [0, 0.05) is 12.8 Å². The first-order valence-corrected chi connectivity index (χ1v) is 33.3. The maximum atomic E-state index is 14.4. The quantitative estimate of drug-likeness (QED) is 0.0349. The predicted molar refractivity (Wildman–Crippen MR) is 312 cm³/mol. The highest BCUT2D eigenvalue weighted by molar-refractivity contribution is 5.72. The summed E-state index contributed by atoms with van der Waals surface area (Å²) in [6.07, 6.45) is -21.2. The van der Waals surface area contributed by atoms with Crippen LogP contribution >= 0.6 is 0 Å². The highest BCUT2D eigenvalue weighted by atomic mass is 16.8. The lowest BCUT2D eigenvalue weighted by molar-refractivity contribution is -0.400. The van der Waals surface area contributed by atoms with Crippen LogP contribution in [-0.2, 0) is 76.0 Å². The molecule has 0 saturated carbocycles. The monoisotopic (exact) mass is 1270 g/mol. The van der Waals surface area contributed by atoms with Crippen LogP contribution in [0.1, 0.15) is 209 Å². The van der Waals surface area contributed by atoms with E-state index in [9.17, 15) is 60.3 Å². The predicted octanol–water partition coefficient (Wildman–Crippen LogP) is 4.30. The maximum absolute atomic E-state index is 14.4. The van der Waals surface area contributed by atoms with Gasteiger partial charge in [-0.15, -0.1) is 0 Å². The molecule has 6 fully saturated rings. The molecule has 0 aromatic heterocycles. The van der Waals surface area contributed by atoms with Crippen molar-refractivity contribution in [2.24, 2.45) is 5.92 Å². The van der Waals surface area contributed by atoms with E-state index in [1.54, 1.807) is 13.8 Å². The standard InChI is InChI=1S/C63H110O25/c1-9-12-14-15-16-17-20-23-28-32-42(66)83-57-56(88-59-48(72)45(69)43(67)35(5)76-59)53(85-60-49(73)47(71)51(36(6)77-60)84-58(75)34(4)11-3)38(8)79-63(57)86-52-37(7)78-61-50(74)54(52)82-41(65)31-27-24-21-18-19-22-26-30-39(29-25-13-10-2)80-62-55(87-61)46(70)44(68)40(33-64)81-62/h34-40,43-57,59-64,67-74H,9-33H2,1-8H3/t34-,35-,36-,37-,38-,39?,40+,43-,44+,45+,46-,47-,48+,49+,50+,51-,52-,53-,54-,55+,56+,57+,59-,60-,61-,62+,63-/m0/s1. The number of aliphatic hydroxyl groups excluding tert-OH is 9. The molecular formula is C63H110O25. The summed E-state index contributed by atoms with van der Waals surface area (Å²) in [5.41, 5.74) is 0. The molecule has 0 aliphatic carbocycles. The van der Waals surface area contributed by atoms with Gasteiger partial charge in [0.05, 0.1) is 43.0 Å². The van der Waals surface area contributed by atoms with Crippen molar-refractivity contribution in [3.8, 4) is 0 Å². The van der Waals surface area contributed by atoms with Crippen molar-refractivity contribution < 1.29 is 122 Å². The van der Waals surface area contributed by atoms with E-state index in [2.05, 4.69) is 13.8 Å². The number of aliphatic hydroxyl groups is 9. The van der Waals surface area contributed by atoms with Crippen molar-refractivity contribution in [1.29, 1.82) is 0 Å². The van der Waals surface area contributed by atoms with Crippen LogP contribution in [0.15, 0.2) is 0 Å². The first-order valence-electron chi connectivity index (χ1n) is 33.3. The van der Waals surface area contributed by atoms with E-state index in [1.807, 2.05) is 0 Å². The van der Waals surface area contributed by atoms with Crippen molar-refractivity contribution in [2.75, 3.05) is 6.61 Å². The average molecular weight is 1270 g/mol. The van der Waals surface area contributed by atoms with E-state index in [-0.39, 0.29) is 18.9 Å². The van der Waals surface area contributed by atoms with E-state index in [4.69, 9.17) is 61.6 Å². The molecule has 6 rings (SSSR count). The fraction of sp³-hybridized carbons (Fsp3) is 0.952. The van der Waals surface area contributed by atoms with Crippen molar-refractivity contribution in [2.45, 2.75) is 369 Å². The molecule has 0 aromatic carbocycles. The third kappa shape index (κ3) is 20.8. The third-order valence-corrected chi connectivity index (χ3v) is 18.2. The number of carbonyl (C=O) groups is 3. The van der Waals surface area contributed by atoms with Gasteiger partial charge in [-0.2, -0.15) is 0 Å². The van der Waals surface area contributed by atoms with Crippen LogP contribution in [0.4, 0.5) is 0 Å². The van der Waals surface area contributed by atoms with Gasteiger partial charge in [0.1, 0.15) is 79.4 Å². The second-order valence-electron chi connectivity index (χ2n) is 25.4. The van der Waals surface area contributed by atoms with Gasteiger partial charge in [-0.1, -0.05) is 137 Å². The number of esters is 3. The Kier molecular flexibility index (Phi) is 31.8. The molecule has 88 heavy (non-hydrogen) atoms. The highest BCUT2D eigenvalue weighted by Crippen LogP contribution is 2.40. The molecule has 512 valence electrons. The second kappa shape index (κ2) is 37.5. The zero-order chi connectivity index (χ0) is 64.2. The van der Waals surface area contributed by atoms with Gasteiger partial charge in [0.15, 0.2) is 49.8 Å². The molecule has 27 atom stereocenters. The lowest BCUT2D eigenvalue weighted by atomic mass is 9.95. The molecule has 25 heteroatoms. The Labute approximate surface area is 519 Å². The minimum absolute atomic E-state index is 0.0485. The topological polar surface area (TPSA) is 353 Å². The summed E-state index contributed by atoms with van der Waals surface area (Å²) in [6, 6.07) is 0. The van der Waals surface area contributed by atoms with E-state index in [1.165, 1.54) is 34.1 Å². The Hall–Kier alpha value is -2.35. The summed E-state index contributed by atoms with van der Waals surface area (Å²) < 4.78 is 82.2. The molecule has 6 saturated heterocycles. The third-order valence-electron chi connectivity index (χ3n) is 18.2. The molecule has 0 aromatic rings. The average Bonchev–Trinajstić information content (AvgIpc) is 1.15. The first kappa shape index (κ1) is 74.7. The van der Waals surface area contributed by atoms with Crippen LogP contribution in [-0.4, -0.2) is 230 Å². The second-order valence-corrected chi connectivity index (χ2v) is 25.4. The zero-order valence-corrected chi connectivity index (χ0v) is 53.3. The number of unbranched alkanes of at least 4 members (excludes halogenated alkanes) is 10. The van der Waals surface area contributed by atoms with Gasteiger partial charge in [-0.25, -0.2) is 0 Å². The SMILES string of the molecule is CCCCCCCCCCCC(=O)O[C@H]1[C@H](O[C@@H]2[C@H]3OC(=O)CCCCCCCCCC(CCCCC)O[C@@H]4O[C@H](CO)[C@@H](O)[C@H](O)[C@H]4O[C@H](O[C@H]2C)[C@@H]3O)O[C@@H](C)[C@H](O[C@@H]2O[C@@H](C)[C@H](OC(=O)[C@@H](C)CC)[C@@H](O)[C@H]2O)[C@H]1O[C@@H]1O[C@@H](C)[C@H](O)[C@@H](O)[C@H]1O. The van der Waals surface area contributed by atoms with Crippen LogP contribution in [0.5, 0.6) is 0 Å². The minimum atomic E-state index is -1.92. The highest BCUT2D eigenvalue weighted by Gasteiger charge is 2.59. The van der Waals surface area contributed by atoms with Crippen molar-refractivity contribution in [3.63, 3.8) is 0 Å². The van der Waals surface area contributed by atoms with Gasteiger partial charge >= 0.3 is 17.9 Å². The number of carbonyl (C=O) groups excluding carboxylic acids is 3. The summed E-state index contributed by atoms with van der Waals surface area (Å²) in [7, 11) is 0. The molecule has 6 aliphatic heterocycles. The molecule has 1 unspecified atom stereocenters. The molecule has 6 heterocycles. The van der Waals surface area contributed by atoms with Crippen molar-refractivity contribution in [1.82, 2.24) is 0 Å². The molecular weight excluding hydrogens is 1160 g/mol. The van der Waals surface area contributed by atoms with E-state index < -0.39 is 184 Å². The Morgan fingerprint density at radius 2 is 1.05 bits per heavy atom. The van der Waals surface area contributed by atoms with Gasteiger partial charge in [-0.05, 0) is 59.8 Å². The Balaban J connectivity index is 1.36. The zero-order valence-electron chi connectivity index (χ0n) is 53.3. The van der Waals surface area contributed by atoms with Crippen LogP contribution in [0, 0.1) is 5.92 Å². The van der Waals surface area contributed by atoms with Crippen LogP contribution < -0.4 is 0 Å². The fourth-order valence-corrected chi connectivity index (χ4v) is 12.3. The lowest BCUT2D eigenvalue weighted by Crippen LogP contribution is -2.68. The fourth-order valence-electron chi connectivity index (χ4n) is 12.3. The molecule has 25 nitrogen and oxygen atoms in total. The number of hydrogen-bond acceptors (Lipinski definition) is 25. The Bertz CT molecular complexity index is 2010. The van der Waals surface area contributed by atoms with Gasteiger partial charge < -0.3 is 108 Å². The number of fused-ring (bicyclic) bond motifs is 3. The summed E-state index contributed by atoms with van der Waals surface area (Å²) >= 11 is 0. The number of ether oxygens (including phenoxy) is 13. The van der Waals surface area contributed by atoms with Crippen molar-refractivity contribution in [3.05, 3.63) is 0 Å².